The van der Waals surface area contributed by atoms with Crippen LogP contribution < -0.4 is 5.43 Å². The average Bonchev–Trinajstić information content (AvgIpc) is 2.76. The maximum absolute atomic E-state index is 11.5. The summed E-state index contributed by atoms with van der Waals surface area (Å²) in [6, 6.07) is 1.90. The summed E-state index contributed by atoms with van der Waals surface area (Å²) in [5.41, 5.74) is -0.0986. The summed E-state index contributed by atoms with van der Waals surface area (Å²) in [5.74, 6) is 0. The molecule has 1 saturated heterocycles. The molecule has 1 atom stereocenters. The first-order valence-electron chi connectivity index (χ1n) is 5.12. The van der Waals surface area contributed by atoms with Gasteiger partial charge in [-0.1, -0.05) is 0 Å². The molecule has 0 amide bonds. The molecular formula is C11H11BrN2O2. The SMILES string of the molecule is N#Cc1cn(C[C@@H]2CCCO2)cc(Br)c1=O. The Morgan fingerprint density at radius 1 is 1.62 bits per heavy atom. The zero-order valence-electron chi connectivity index (χ0n) is 8.65. The second-order valence-electron chi connectivity index (χ2n) is 3.79. The largest absolute Gasteiger partial charge is 0.376 e. The molecule has 0 N–H and O–H groups in total. The van der Waals surface area contributed by atoms with Crippen molar-refractivity contribution >= 4 is 15.9 Å². The molecule has 2 rings (SSSR count). The number of hydrogen-bond acceptors (Lipinski definition) is 3. The molecule has 0 spiro atoms. The average molecular weight is 283 g/mol. The molecule has 1 fully saturated rings. The van der Waals surface area contributed by atoms with Crippen molar-refractivity contribution in [1.29, 1.82) is 5.26 Å². The number of pyridine rings is 1. The van der Waals surface area contributed by atoms with Crippen LogP contribution in [0.15, 0.2) is 21.7 Å². The van der Waals surface area contributed by atoms with Crippen LogP contribution in [-0.2, 0) is 11.3 Å². The fourth-order valence-corrected chi connectivity index (χ4v) is 2.28. The molecule has 5 heteroatoms. The molecule has 0 bridgehead atoms. The number of aromatic nitrogens is 1. The van der Waals surface area contributed by atoms with Crippen molar-refractivity contribution in [2.45, 2.75) is 25.5 Å². The summed E-state index contributed by atoms with van der Waals surface area (Å²) in [5, 5.41) is 8.81. The Hall–Kier alpha value is -1.12. The highest BCUT2D eigenvalue weighted by molar-refractivity contribution is 9.10. The standard InChI is InChI=1S/C11H11BrN2O2/c12-10-7-14(5-8(4-13)11(10)15)6-9-2-1-3-16-9/h5,7,9H,1-3,6H2/t9-/m0/s1. The summed E-state index contributed by atoms with van der Waals surface area (Å²) < 4.78 is 7.76. The van der Waals surface area contributed by atoms with E-state index in [0.29, 0.717) is 11.0 Å². The van der Waals surface area contributed by atoms with Gasteiger partial charge in [0, 0.05) is 25.5 Å². The van der Waals surface area contributed by atoms with Crippen LogP contribution in [-0.4, -0.2) is 17.3 Å². The predicted molar refractivity (Wildman–Crippen MR) is 62.1 cm³/mol. The van der Waals surface area contributed by atoms with Crippen molar-refractivity contribution in [2.24, 2.45) is 0 Å². The molecule has 2 heterocycles. The molecule has 16 heavy (non-hydrogen) atoms. The third-order valence-electron chi connectivity index (χ3n) is 2.59. The maximum atomic E-state index is 11.5. The smallest absolute Gasteiger partial charge is 0.213 e. The number of rotatable bonds is 2. The van der Waals surface area contributed by atoms with E-state index >= 15 is 0 Å². The summed E-state index contributed by atoms with van der Waals surface area (Å²) in [7, 11) is 0. The van der Waals surface area contributed by atoms with Crippen LogP contribution in [0.1, 0.15) is 18.4 Å². The van der Waals surface area contributed by atoms with E-state index in [1.54, 1.807) is 12.4 Å². The monoisotopic (exact) mass is 282 g/mol. The van der Waals surface area contributed by atoms with E-state index in [-0.39, 0.29) is 17.1 Å². The van der Waals surface area contributed by atoms with Gasteiger partial charge in [-0.25, -0.2) is 0 Å². The van der Waals surface area contributed by atoms with Crippen molar-refractivity contribution in [3.8, 4) is 6.07 Å². The third-order valence-corrected chi connectivity index (χ3v) is 3.16. The van der Waals surface area contributed by atoms with Crippen molar-refractivity contribution in [3.05, 3.63) is 32.7 Å². The van der Waals surface area contributed by atoms with Gasteiger partial charge >= 0.3 is 0 Å². The van der Waals surface area contributed by atoms with E-state index in [1.165, 1.54) is 0 Å². The second-order valence-corrected chi connectivity index (χ2v) is 4.65. The van der Waals surface area contributed by atoms with E-state index in [9.17, 15) is 4.79 Å². The number of nitriles is 1. The van der Waals surface area contributed by atoms with E-state index in [0.717, 1.165) is 19.4 Å². The number of nitrogens with zero attached hydrogens (tertiary/aromatic N) is 2. The van der Waals surface area contributed by atoms with Gasteiger partial charge in [0.05, 0.1) is 10.6 Å². The van der Waals surface area contributed by atoms with E-state index < -0.39 is 0 Å². The van der Waals surface area contributed by atoms with Gasteiger partial charge in [0.1, 0.15) is 11.6 Å². The van der Waals surface area contributed by atoms with Gasteiger partial charge in [-0.2, -0.15) is 5.26 Å². The molecule has 0 aliphatic carbocycles. The fraction of sp³-hybridized carbons (Fsp3) is 0.455. The summed E-state index contributed by atoms with van der Waals surface area (Å²) in [4.78, 5) is 11.5. The van der Waals surface area contributed by atoms with E-state index in [1.807, 2.05) is 10.6 Å². The Balaban J connectivity index is 2.25. The van der Waals surface area contributed by atoms with Crippen LogP contribution in [0.4, 0.5) is 0 Å². The van der Waals surface area contributed by atoms with Gasteiger partial charge in [0.2, 0.25) is 5.43 Å². The molecule has 1 aromatic heterocycles. The van der Waals surface area contributed by atoms with Crippen LogP contribution in [0.5, 0.6) is 0 Å². The zero-order chi connectivity index (χ0) is 11.5. The number of ether oxygens (including phenoxy) is 1. The number of halogens is 1. The minimum atomic E-state index is -0.258. The van der Waals surface area contributed by atoms with Gasteiger partial charge < -0.3 is 9.30 Å². The van der Waals surface area contributed by atoms with Crippen LogP contribution in [0, 0.1) is 11.3 Å². The summed E-state index contributed by atoms with van der Waals surface area (Å²) in [6.45, 7) is 1.49. The quantitative estimate of drug-likeness (QED) is 0.829. The second kappa shape index (κ2) is 4.81. The van der Waals surface area contributed by atoms with Crippen LogP contribution in [0.25, 0.3) is 0 Å². The lowest BCUT2D eigenvalue weighted by molar-refractivity contribution is 0.0968. The molecule has 1 aliphatic heterocycles. The lowest BCUT2D eigenvalue weighted by Crippen LogP contribution is -2.18. The molecule has 1 aliphatic rings. The van der Waals surface area contributed by atoms with Crippen molar-refractivity contribution in [1.82, 2.24) is 4.57 Å². The predicted octanol–water partition coefficient (Wildman–Crippen LogP) is 1.66. The highest BCUT2D eigenvalue weighted by Gasteiger charge is 2.16. The van der Waals surface area contributed by atoms with Crippen molar-refractivity contribution in [3.63, 3.8) is 0 Å². The fourth-order valence-electron chi connectivity index (χ4n) is 1.80. The summed E-state index contributed by atoms with van der Waals surface area (Å²) >= 11 is 3.16. The molecule has 0 saturated carbocycles. The molecule has 0 aromatic carbocycles. The van der Waals surface area contributed by atoms with Crippen molar-refractivity contribution < 1.29 is 4.74 Å². The third kappa shape index (κ3) is 2.34. The molecule has 0 radical (unpaired) electrons. The molecule has 4 nitrogen and oxygen atoms in total. The minimum Gasteiger partial charge on any atom is -0.376 e. The van der Waals surface area contributed by atoms with Gasteiger partial charge in [-0.05, 0) is 28.8 Å². The highest BCUT2D eigenvalue weighted by Crippen LogP contribution is 2.15. The lowest BCUT2D eigenvalue weighted by Gasteiger charge is -2.12. The first kappa shape index (κ1) is 11.4. The maximum Gasteiger partial charge on any atom is 0.213 e. The summed E-state index contributed by atoms with van der Waals surface area (Å²) in [6.07, 6.45) is 5.59. The lowest BCUT2D eigenvalue weighted by atomic mass is 10.2. The van der Waals surface area contributed by atoms with Gasteiger partial charge in [0.15, 0.2) is 0 Å². The first-order valence-corrected chi connectivity index (χ1v) is 5.91. The number of hydrogen-bond donors (Lipinski definition) is 0. The Labute approximate surface area is 102 Å². The van der Waals surface area contributed by atoms with Crippen molar-refractivity contribution in [2.75, 3.05) is 6.61 Å². The Morgan fingerprint density at radius 3 is 3.06 bits per heavy atom. The normalized spacial score (nSPS) is 19.6. The van der Waals surface area contributed by atoms with Gasteiger partial charge in [0.25, 0.3) is 0 Å². The Bertz CT molecular complexity index is 484. The van der Waals surface area contributed by atoms with Gasteiger partial charge in [-0.3, -0.25) is 4.79 Å². The topological polar surface area (TPSA) is 55.0 Å². The molecule has 84 valence electrons. The first-order chi connectivity index (χ1) is 7.70. The highest BCUT2D eigenvalue weighted by atomic mass is 79.9. The van der Waals surface area contributed by atoms with E-state index in [2.05, 4.69) is 15.9 Å². The van der Waals surface area contributed by atoms with Crippen LogP contribution >= 0.6 is 15.9 Å². The minimum absolute atomic E-state index is 0.160. The van der Waals surface area contributed by atoms with Crippen LogP contribution in [0.2, 0.25) is 0 Å². The zero-order valence-corrected chi connectivity index (χ0v) is 10.2. The Morgan fingerprint density at radius 2 is 2.44 bits per heavy atom. The van der Waals surface area contributed by atoms with E-state index in [4.69, 9.17) is 10.00 Å². The Kier molecular flexibility index (Phi) is 3.42. The van der Waals surface area contributed by atoms with Gasteiger partial charge in [-0.15, -0.1) is 0 Å². The molecule has 1 aromatic rings. The molecular weight excluding hydrogens is 272 g/mol. The molecule has 0 unspecified atom stereocenters. The van der Waals surface area contributed by atoms with Crippen LogP contribution in [0.3, 0.4) is 0 Å².